The number of nitrogens with one attached hydrogen (secondary N) is 1. The predicted molar refractivity (Wildman–Crippen MR) is 110 cm³/mol. The summed E-state index contributed by atoms with van der Waals surface area (Å²) in [6.45, 7) is 1.01. The SMILES string of the molecule is Nc1ncnc2c1c(C#Cc1cccc(C(=O)CC3CC3)c1)cn2CCNC=O. The molecule has 146 valence electrons. The highest BCUT2D eigenvalue weighted by molar-refractivity contribution is 5.96. The second-order valence-electron chi connectivity index (χ2n) is 7.17. The number of anilines is 1. The summed E-state index contributed by atoms with van der Waals surface area (Å²) in [6, 6.07) is 7.42. The molecule has 4 rings (SSSR count). The van der Waals surface area contributed by atoms with Crippen molar-refractivity contribution < 1.29 is 9.59 Å². The highest BCUT2D eigenvalue weighted by Gasteiger charge is 2.24. The normalized spacial score (nSPS) is 13.0. The molecular formula is C22H21N5O2. The summed E-state index contributed by atoms with van der Waals surface area (Å²) in [5.41, 5.74) is 8.91. The number of hydrogen-bond acceptors (Lipinski definition) is 5. The molecule has 0 saturated heterocycles. The van der Waals surface area contributed by atoms with Gasteiger partial charge in [0.1, 0.15) is 17.8 Å². The first-order chi connectivity index (χ1) is 14.2. The Hall–Kier alpha value is -3.66. The number of nitrogens with zero attached hydrogens (tertiary/aromatic N) is 3. The number of ketones is 1. The van der Waals surface area contributed by atoms with Crippen LogP contribution in [-0.2, 0) is 11.3 Å². The molecule has 29 heavy (non-hydrogen) atoms. The van der Waals surface area contributed by atoms with E-state index in [1.165, 1.54) is 6.33 Å². The molecule has 2 aromatic heterocycles. The van der Waals surface area contributed by atoms with Gasteiger partial charge in [0.2, 0.25) is 6.41 Å². The summed E-state index contributed by atoms with van der Waals surface area (Å²) >= 11 is 0. The third kappa shape index (κ3) is 4.27. The number of benzene rings is 1. The molecule has 2 heterocycles. The third-order valence-electron chi connectivity index (χ3n) is 4.96. The minimum Gasteiger partial charge on any atom is -0.383 e. The van der Waals surface area contributed by atoms with Crippen LogP contribution in [0.3, 0.4) is 0 Å². The highest BCUT2D eigenvalue weighted by Crippen LogP contribution is 2.33. The number of rotatable bonds is 7. The largest absolute Gasteiger partial charge is 0.383 e. The van der Waals surface area contributed by atoms with E-state index in [1.807, 2.05) is 35.0 Å². The maximum atomic E-state index is 12.4. The van der Waals surface area contributed by atoms with Gasteiger partial charge in [-0.25, -0.2) is 9.97 Å². The molecule has 7 nitrogen and oxygen atoms in total. The zero-order valence-corrected chi connectivity index (χ0v) is 15.9. The number of hydrogen-bond donors (Lipinski definition) is 2. The molecule has 0 aliphatic heterocycles. The van der Waals surface area contributed by atoms with Crippen LogP contribution in [0.25, 0.3) is 11.0 Å². The van der Waals surface area contributed by atoms with Crippen molar-refractivity contribution >= 4 is 29.0 Å². The smallest absolute Gasteiger partial charge is 0.207 e. The monoisotopic (exact) mass is 387 g/mol. The van der Waals surface area contributed by atoms with Crippen molar-refractivity contribution in [1.82, 2.24) is 19.9 Å². The molecular weight excluding hydrogens is 366 g/mol. The molecule has 0 spiro atoms. The van der Waals surface area contributed by atoms with Crippen LogP contribution in [0.4, 0.5) is 5.82 Å². The molecule has 0 bridgehead atoms. The van der Waals surface area contributed by atoms with Gasteiger partial charge >= 0.3 is 0 Å². The van der Waals surface area contributed by atoms with E-state index in [0.717, 1.165) is 18.4 Å². The Kier molecular flexibility index (Phi) is 5.25. The second kappa shape index (κ2) is 8.15. The number of fused-ring (bicyclic) bond motifs is 1. The molecule has 1 aliphatic carbocycles. The number of nitrogens with two attached hydrogens (primary N) is 1. The van der Waals surface area contributed by atoms with Gasteiger partial charge in [0.25, 0.3) is 0 Å². The Balaban J connectivity index is 1.64. The van der Waals surface area contributed by atoms with Crippen LogP contribution in [0.2, 0.25) is 0 Å². The fraction of sp³-hybridized carbons (Fsp3) is 0.273. The number of Topliss-reactive ketones (excluding diaryl/α,β-unsaturated/α-hetero) is 1. The van der Waals surface area contributed by atoms with Crippen molar-refractivity contribution in [2.45, 2.75) is 25.8 Å². The summed E-state index contributed by atoms with van der Waals surface area (Å²) in [6.07, 6.45) is 6.85. The molecule has 1 saturated carbocycles. The predicted octanol–water partition coefficient (Wildman–Crippen LogP) is 2.14. The van der Waals surface area contributed by atoms with Crippen LogP contribution in [0.1, 0.15) is 40.7 Å². The summed E-state index contributed by atoms with van der Waals surface area (Å²) in [5, 5.41) is 3.32. The fourth-order valence-electron chi connectivity index (χ4n) is 3.27. The van der Waals surface area contributed by atoms with Gasteiger partial charge in [0.15, 0.2) is 5.78 Å². The van der Waals surface area contributed by atoms with Crippen LogP contribution in [0.15, 0.2) is 36.8 Å². The van der Waals surface area contributed by atoms with Crippen molar-refractivity contribution in [3.8, 4) is 11.8 Å². The Morgan fingerprint density at radius 2 is 2.17 bits per heavy atom. The quantitative estimate of drug-likeness (QED) is 0.280. The topological polar surface area (TPSA) is 103 Å². The second-order valence-corrected chi connectivity index (χ2v) is 7.17. The van der Waals surface area contributed by atoms with Crippen LogP contribution in [0.5, 0.6) is 0 Å². The van der Waals surface area contributed by atoms with Gasteiger partial charge in [-0.05, 0) is 30.9 Å². The molecule has 0 atom stereocenters. The highest BCUT2D eigenvalue weighted by atomic mass is 16.1. The summed E-state index contributed by atoms with van der Waals surface area (Å²) in [7, 11) is 0. The first-order valence-electron chi connectivity index (χ1n) is 9.57. The maximum Gasteiger partial charge on any atom is 0.207 e. The van der Waals surface area contributed by atoms with Crippen LogP contribution in [0, 0.1) is 17.8 Å². The maximum absolute atomic E-state index is 12.4. The third-order valence-corrected chi connectivity index (χ3v) is 4.96. The molecule has 7 heteroatoms. The molecule has 3 N–H and O–H groups in total. The lowest BCUT2D eigenvalue weighted by Gasteiger charge is -2.03. The van der Waals surface area contributed by atoms with E-state index in [1.54, 1.807) is 0 Å². The van der Waals surface area contributed by atoms with Crippen molar-refractivity contribution in [2.24, 2.45) is 5.92 Å². The molecule has 1 aromatic carbocycles. The summed E-state index contributed by atoms with van der Waals surface area (Å²) in [5.74, 6) is 7.36. The zero-order chi connectivity index (χ0) is 20.2. The average molecular weight is 387 g/mol. The first kappa shape index (κ1) is 18.7. The number of carbonyl (C=O) groups is 2. The van der Waals surface area contributed by atoms with Crippen LogP contribution >= 0.6 is 0 Å². The van der Waals surface area contributed by atoms with E-state index < -0.39 is 0 Å². The van der Waals surface area contributed by atoms with Crippen molar-refractivity contribution in [2.75, 3.05) is 12.3 Å². The Bertz CT molecular complexity index is 1140. The van der Waals surface area contributed by atoms with E-state index in [9.17, 15) is 9.59 Å². The lowest BCUT2D eigenvalue weighted by molar-refractivity contribution is -0.109. The first-order valence-corrected chi connectivity index (χ1v) is 9.57. The zero-order valence-electron chi connectivity index (χ0n) is 15.9. The van der Waals surface area contributed by atoms with E-state index in [0.29, 0.717) is 59.8 Å². The Morgan fingerprint density at radius 1 is 1.31 bits per heavy atom. The van der Waals surface area contributed by atoms with E-state index >= 15 is 0 Å². The van der Waals surface area contributed by atoms with E-state index in [2.05, 4.69) is 27.1 Å². The van der Waals surface area contributed by atoms with E-state index in [4.69, 9.17) is 5.73 Å². The lowest BCUT2D eigenvalue weighted by atomic mass is 10.0. The van der Waals surface area contributed by atoms with Crippen molar-refractivity contribution in [1.29, 1.82) is 0 Å². The molecule has 3 aromatic rings. The van der Waals surface area contributed by atoms with Gasteiger partial charge in [0.05, 0.1) is 10.9 Å². The van der Waals surface area contributed by atoms with E-state index in [-0.39, 0.29) is 5.78 Å². The molecule has 1 aliphatic rings. The average Bonchev–Trinajstić information content (AvgIpc) is 3.47. The van der Waals surface area contributed by atoms with Gasteiger partial charge in [0, 0.05) is 36.8 Å². The Morgan fingerprint density at radius 3 is 2.97 bits per heavy atom. The lowest BCUT2D eigenvalue weighted by Crippen LogP contribution is -2.17. The van der Waals surface area contributed by atoms with Gasteiger partial charge in [-0.15, -0.1) is 0 Å². The molecule has 1 amide bonds. The molecule has 0 unspecified atom stereocenters. The molecule has 1 fully saturated rings. The van der Waals surface area contributed by atoms with Gasteiger partial charge < -0.3 is 15.6 Å². The minimum absolute atomic E-state index is 0.174. The van der Waals surface area contributed by atoms with Crippen LogP contribution in [-0.4, -0.2) is 33.3 Å². The van der Waals surface area contributed by atoms with Crippen molar-refractivity contribution in [3.63, 3.8) is 0 Å². The van der Waals surface area contributed by atoms with Crippen molar-refractivity contribution in [3.05, 3.63) is 53.5 Å². The number of amides is 1. The minimum atomic E-state index is 0.174. The Labute approximate surface area is 168 Å². The number of aromatic nitrogens is 3. The summed E-state index contributed by atoms with van der Waals surface area (Å²) in [4.78, 5) is 31.2. The summed E-state index contributed by atoms with van der Waals surface area (Å²) < 4.78 is 1.89. The standard InChI is InChI=1S/C22H21N5O2/c23-21-20-18(12-27(9-8-24-14-28)22(20)26-13-25-21)7-6-15-2-1-3-17(10-15)19(29)11-16-4-5-16/h1-3,10,12-14,16H,4-5,8-9,11H2,(H,24,28)(H2,23,25,26). The van der Waals surface area contributed by atoms with Gasteiger partial charge in [-0.2, -0.15) is 0 Å². The number of nitrogen functional groups attached to an aromatic ring is 1. The number of carbonyl (C=O) groups excluding carboxylic acids is 2. The van der Waals surface area contributed by atoms with Crippen LogP contribution < -0.4 is 11.1 Å². The van der Waals surface area contributed by atoms with Gasteiger partial charge in [-0.3, -0.25) is 9.59 Å². The fourth-order valence-corrected chi connectivity index (χ4v) is 3.27. The van der Waals surface area contributed by atoms with Gasteiger partial charge in [-0.1, -0.05) is 24.0 Å². The molecule has 0 radical (unpaired) electrons.